The molecule has 0 bridgehead atoms. The predicted octanol–water partition coefficient (Wildman–Crippen LogP) is 1.96. The molecule has 0 aliphatic carbocycles. The summed E-state index contributed by atoms with van der Waals surface area (Å²) in [7, 11) is 0. The molecule has 0 saturated heterocycles. The number of aliphatic hydroxyl groups is 1. The molecule has 0 saturated carbocycles. The Morgan fingerprint density at radius 2 is 2.09 bits per heavy atom. The van der Waals surface area contributed by atoms with Crippen molar-refractivity contribution in [3.63, 3.8) is 0 Å². The molecular weight excluding hydrogens is 290 g/mol. The van der Waals surface area contributed by atoms with Crippen molar-refractivity contribution >= 4 is 11.0 Å². The molecule has 0 amide bonds. The smallest absolute Gasteiger partial charge is 0.144 e. The number of nitrogens with two attached hydrogens (primary N) is 1. The zero-order valence-corrected chi connectivity index (χ0v) is 12.8. The van der Waals surface area contributed by atoms with Crippen molar-refractivity contribution in [2.45, 2.75) is 19.1 Å². The van der Waals surface area contributed by atoms with Crippen LogP contribution in [0, 0.1) is 0 Å². The van der Waals surface area contributed by atoms with E-state index in [1.165, 1.54) is 5.56 Å². The SMILES string of the molecule is NC[C@@H]1Cc2cccc(-c3nc4ccccc4n3CCO)c2O1. The molecule has 3 aromatic rings. The Morgan fingerprint density at radius 3 is 2.91 bits per heavy atom. The van der Waals surface area contributed by atoms with E-state index in [0.29, 0.717) is 13.1 Å². The number of aliphatic hydroxyl groups excluding tert-OH is 1. The van der Waals surface area contributed by atoms with Gasteiger partial charge < -0.3 is 20.1 Å². The van der Waals surface area contributed by atoms with Crippen molar-refractivity contribution in [3.05, 3.63) is 48.0 Å². The van der Waals surface area contributed by atoms with Crippen LogP contribution in [0.5, 0.6) is 5.75 Å². The van der Waals surface area contributed by atoms with E-state index in [0.717, 1.165) is 34.6 Å². The lowest BCUT2D eigenvalue weighted by atomic mass is 10.1. The van der Waals surface area contributed by atoms with Crippen LogP contribution in [0.15, 0.2) is 42.5 Å². The maximum Gasteiger partial charge on any atom is 0.144 e. The molecule has 0 fully saturated rings. The average molecular weight is 309 g/mol. The highest BCUT2D eigenvalue weighted by molar-refractivity contribution is 5.82. The van der Waals surface area contributed by atoms with Gasteiger partial charge in [0.15, 0.2) is 0 Å². The Bertz CT molecular complexity index is 857. The molecule has 118 valence electrons. The lowest BCUT2D eigenvalue weighted by Crippen LogP contribution is -2.24. The second-order valence-electron chi connectivity index (χ2n) is 5.77. The molecule has 3 N–H and O–H groups in total. The van der Waals surface area contributed by atoms with Crippen molar-refractivity contribution in [3.8, 4) is 17.1 Å². The summed E-state index contributed by atoms with van der Waals surface area (Å²) in [6.07, 6.45) is 0.863. The van der Waals surface area contributed by atoms with Crippen LogP contribution in [0.4, 0.5) is 0 Å². The second kappa shape index (κ2) is 5.68. The topological polar surface area (TPSA) is 73.3 Å². The number of rotatable bonds is 4. The van der Waals surface area contributed by atoms with E-state index in [4.69, 9.17) is 15.5 Å². The largest absolute Gasteiger partial charge is 0.488 e. The number of hydrogen-bond donors (Lipinski definition) is 2. The molecule has 1 aliphatic heterocycles. The Morgan fingerprint density at radius 1 is 1.22 bits per heavy atom. The molecule has 1 atom stereocenters. The van der Waals surface area contributed by atoms with Gasteiger partial charge >= 0.3 is 0 Å². The monoisotopic (exact) mass is 309 g/mol. The second-order valence-corrected chi connectivity index (χ2v) is 5.77. The van der Waals surface area contributed by atoms with E-state index in [-0.39, 0.29) is 12.7 Å². The van der Waals surface area contributed by atoms with Gasteiger partial charge in [-0.3, -0.25) is 0 Å². The van der Waals surface area contributed by atoms with Gasteiger partial charge in [-0.15, -0.1) is 0 Å². The standard InChI is InChI=1S/C18H19N3O2/c19-11-13-10-12-4-3-5-14(17(12)23-13)18-20-15-6-1-2-7-16(15)21(18)8-9-22/h1-7,13,22H,8-11,19H2/t13-/m0/s1. The summed E-state index contributed by atoms with van der Waals surface area (Å²) in [6.45, 7) is 1.07. The number of para-hydroxylation sites is 3. The minimum Gasteiger partial charge on any atom is -0.488 e. The first-order valence-electron chi connectivity index (χ1n) is 7.87. The fourth-order valence-corrected chi connectivity index (χ4v) is 3.25. The minimum atomic E-state index is 0.0295. The summed E-state index contributed by atoms with van der Waals surface area (Å²) in [4.78, 5) is 4.77. The predicted molar refractivity (Wildman–Crippen MR) is 89.4 cm³/mol. The summed E-state index contributed by atoms with van der Waals surface area (Å²) in [5.74, 6) is 1.70. The number of aromatic nitrogens is 2. The van der Waals surface area contributed by atoms with Gasteiger partial charge in [0.2, 0.25) is 0 Å². The van der Waals surface area contributed by atoms with Crippen molar-refractivity contribution in [2.24, 2.45) is 5.73 Å². The number of fused-ring (bicyclic) bond motifs is 2. The van der Waals surface area contributed by atoms with Crippen molar-refractivity contribution < 1.29 is 9.84 Å². The van der Waals surface area contributed by atoms with E-state index in [1.807, 2.05) is 41.0 Å². The number of benzene rings is 2. The summed E-state index contributed by atoms with van der Waals surface area (Å²) >= 11 is 0. The summed E-state index contributed by atoms with van der Waals surface area (Å²) in [5, 5.41) is 9.45. The number of hydrogen-bond acceptors (Lipinski definition) is 4. The minimum absolute atomic E-state index is 0.0295. The first-order valence-corrected chi connectivity index (χ1v) is 7.87. The number of ether oxygens (including phenoxy) is 1. The summed E-state index contributed by atoms with van der Waals surface area (Å²) in [6, 6.07) is 14.1. The molecule has 5 heteroatoms. The van der Waals surface area contributed by atoms with Crippen LogP contribution in [0.25, 0.3) is 22.4 Å². The molecule has 4 rings (SSSR count). The van der Waals surface area contributed by atoms with Gasteiger partial charge in [0.25, 0.3) is 0 Å². The zero-order valence-electron chi connectivity index (χ0n) is 12.8. The molecule has 0 unspecified atom stereocenters. The Kier molecular flexibility index (Phi) is 3.52. The molecule has 0 radical (unpaired) electrons. The molecule has 2 heterocycles. The van der Waals surface area contributed by atoms with Gasteiger partial charge in [0, 0.05) is 19.5 Å². The number of imidazole rings is 1. The van der Waals surface area contributed by atoms with Crippen LogP contribution in [0.2, 0.25) is 0 Å². The molecule has 1 aliphatic rings. The molecular formula is C18H19N3O2. The van der Waals surface area contributed by atoms with E-state index in [1.54, 1.807) is 0 Å². The van der Waals surface area contributed by atoms with Crippen molar-refractivity contribution in [1.82, 2.24) is 9.55 Å². The average Bonchev–Trinajstić information content (AvgIpc) is 3.16. The first-order chi connectivity index (χ1) is 11.3. The van der Waals surface area contributed by atoms with Crippen LogP contribution >= 0.6 is 0 Å². The van der Waals surface area contributed by atoms with Gasteiger partial charge in [0.05, 0.1) is 23.2 Å². The van der Waals surface area contributed by atoms with Gasteiger partial charge in [-0.2, -0.15) is 0 Å². The third kappa shape index (κ3) is 2.29. The van der Waals surface area contributed by atoms with Crippen LogP contribution in [0.1, 0.15) is 5.56 Å². The Labute approximate surface area is 134 Å². The highest BCUT2D eigenvalue weighted by atomic mass is 16.5. The summed E-state index contributed by atoms with van der Waals surface area (Å²) < 4.78 is 8.08. The maximum atomic E-state index is 9.45. The Hall–Kier alpha value is -2.37. The van der Waals surface area contributed by atoms with E-state index < -0.39 is 0 Å². The van der Waals surface area contributed by atoms with E-state index in [2.05, 4.69) is 6.07 Å². The highest BCUT2D eigenvalue weighted by Crippen LogP contribution is 2.39. The van der Waals surface area contributed by atoms with Crippen LogP contribution < -0.4 is 10.5 Å². The zero-order chi connectivity index (χ0) is 15.8. The fraction of sp³-hybridized carbons (Fsp3) is 0.278. The molecule has 2 aromatic carbocycles. The first kappa shape index (κ1) is 14.2. The van der Waals surface area contributed by atoms with Gasteiger partial charge in [0.1, 0.15) is 17.7 Å². The normalized spacial score (nSPS) is 16.5. The van der Waals surface area contributed by atoms with Crippen molar-refractivity contribution in [1.29, 1.82) is 0 Å². The van der Waals surface area contributed by atoms with Crippen molar-refractivity contribution in [2.75, 3.05) is 13.2 Å². The molecule has 23 heavy (non-hydrogen) atoms. The number of nitrogens with zero attached hydrogens (tertiary/aromatic N) is 2. The van der Waals surface area contributed by atoms with Gasteiger partial charge in [-0.05, 0) is 23.8 Å². The fourth-order valence-electron chi connectivity index (χ4n) is 3.25. The van der Waals surface area contributed by atoms with E-state index >= 15 is 0 Å². The third-order valence-electron chi connectivity index (χ3n) is 4.31. The quantitative estimate of drug-likeness (QED) is 0.772. The van der Waals surface area contributed by atoms with Crippen LogP contribution in [0.3, 0.4) is 0 Å². The Balaban J connectivity index is 1.91. The van der Waals surface area contributed by atoms with Crippen LogP contribution in [-0.4, -0.2) is 33.9 Å². The lowest BCUT2D eigenvalue weighted by Gasteiger charge is -2.12. The highest BCUT2D eigenvalue weighted by Gasteiger charge is 2.26. The summed E-state index contributed by atoms with van der Waals surface area (Å²) in [5.41, 5.74) is 9.83. The molecule has 1 aromatic heterocycles. The molecule has 5 nitrogen and oxygen atoms in total. The molecule has 0 spiro atoms. The third-order valence-corrected chi connectivity index (χ3v) is 4.31. The lowest BCUT2D eigenvalue weighted by molar-refractivity contribution is 0.242. The van der Waals surface area contributed by atoms with Crippen LogP contribution in [-0.2, 0) is 13.0 Å². The van der Waals surface area contributed by atoms with Gasteiger partial charge in [-0.25, -0.2) is 4.98 Å². The maximum absolute atomic E-state index is 9.45. The van der Waals surface area contributed by atoms with Gasteiger partial charge in [-0.1, -0.05) is 24.3 Å². The van der Waals surface area contributed by atoms with E-state index in [9.17, 15) is 5.11 Å².